The summed E-state index contributed by atoms with van der Waals surface area (Å²) in [6, 6.07) is 0.375. The first kappa shape index (κ1) is 15.2. The Bertz CT molecular complexity index is 430. The monoisotopic (exact) mass is 297 g/mol. The molecule has 0 radical (unpaired) electrons. The molecule has 1 aromatic heterocycles. The minimum absolute atomic E-state index is 0.129. The van der Waals surface area contributed by atoms with Gasteiger partial charge in [-0.15, -0.1) is 10.2 Å². The summed E-state index contributed by atoms with van der Waals surface area (Å²) >= 11 is 1.29. The van der Waals surface area contributed by atoms with Crippen LogP contribution < -0.4 is 10.6 Å². The van der Waals surface area contributed by atoms with Gasteiger partial charge in [-0.05, 0) is 39.8 Å². The maximum atomic E-state index is 12.0. The highest BCUT2D eigenvalue weighted by atomic mass is 32.1. The van der Waals surface area contributed by atoms with Crippen LogP contribution in [-0.4, -0.2) is 53.2 Å². The number of anilines is 1. The number of piperidine rings is 1. The van der Waals surface area contributed by atoms with Gasteiger partial charge in [0.1, 0.15) is 0 Å². The highest BCUT2D eigenvalue weighted by Gasteiger charge is 2.18. The quantitative estimate of drug-likeness (QED) is 0.834. The highest BCUT2D eigenvalue weighted by Crippen LogP contribution is 2.15. The smallest absolute Gasteiger partial charge is 0.282 e. The van der Waals surface area contributed by atoms with Gasteiger partial charge in [0.15, 0.2) is 0 Å². The molecule has 20 heavy (non-hydrogen) atoms. The molecule has 1 aliphatic heterocycles. The van der Waals surface area contributed by atoms with Crippen molar-refractivity contribution >= 4 is 22.4 Å². The van der Waals surface area contributed by atoms with Crippen molar-refractivity contribution < 1.29 is 4.79 Å². The lowest BCUT2D eigenvalue weighted by Crippen LogP contribution is -2.44. The van der Waals surface area contributed by atoms with Crippen molar-refractivity contribution in [2.45, 2.75) is 39.2 Å². The SMILES string of the molecule is CCNc1nnc(C(=O)NCC(C)N2CCCCC2)s1. The van der Waals surface area contributed by atoms with E-state index in [1.165, 1.54) is 30.6 Å². The molecule has 1 fully saturated rings. The van der Waals surface area contributed by atoms with Crippen LogP contribution in [0.1, 0.15) is 42.9 Å². The number of likely N-dealkylation sites (tertiary alicyclic amines) is 1. The zero-order valence-electron chi connectivity index (χ0n) is 12.2. The van der Waals surface area contributed by atoms with Crippen LogP contribution in [0, 0.1) is 0 Å². The van der Waals surface area contributed by atoms with Crippen LogP contribution in [0.25, 0.3) is 0 Å². The number of amides is 1. The second-order valence-corrected chi connectivity index (χ2v) is 6.08. The van der Waals surface area contributed by atoms with Crippen molar-refractivity contribution in [3.8, 4) is 0 Å². The average Bonchev–Trinajstić information content (AvgIpc) is 2.94. The highest BCUT2D eigenvalue weighted by molar-refractivity contribution is 7.17. The minimum Gasteiger partial charge on any atom is -0.360 e. The predicted octanol–water partition coefficient (Wildman–Crippen LogP) is 1.57. The lowest BCUT2D eigenvalue weighted by Gasteiger charge is -2.32. The van der Waals surface area contributed by atoms with Gasteiger partial charge in [0.05, 0.1) is 0 Å². The van der Waals surface area contributed by atoms with E-state index < -0.39 is 0 Å². The van der Waals surface area contributed by atoms with Crippen LogP contribution in [-0.2, 0) is 0 Å². The van der Waals surface area contributed by atoms with E-state index >= 15 is 0 Å². The van der Waals surface area contributed by atoms with Crippen LogP contribution >= 0.6 is 11.3 Å². The first-order valence-electron chi connectivity index (χ1n) is 7.30. The predicted molar refractivity (Wildman–Crippen MR) is 81.3 cm³/mol. The summed E-state index contributed by atoms with van der Waals surface area (Å²) in [6.45, 7) is 7.87. The van der Waals surface area contributed by atoms with Crippen LogP contribution in [0.5, 0.6) is 0 Å². The fourth-order valence-electron chi connectivity index (χ4n) is 2.34. The summed E-state index contributed by atoms with van der Waals surface area (Å²) in [4.78, 5) is 14.4. The first-order valence-corrected chi connectivity index (χ1v) is 8.12. The average molecular weight is 297 g/mol. The van der Waals surface area contributed by atoms with Crippen molar-refractivity contribution in [2.75, 3.05) is 31.5 Å². The van der Waals surface area contributed by atoms with Gasteiger partial charge in [-0.3, -0.25) is 9.69 Å². The van der Waals surface area contributed by atoms with Gasteiger partial charge in [-0.1, -0.05) is 17.8 Å². The largest absolute Gasteiger partial charge is 0.360 e. The van der Waals surface area contributed by atoms with Gasteiger partial charge in [0.2, 0.25) is 10.1 Å². The van der Waals surface area contributed by atoms with Crippen molar-refractivity contribution in [2.24, 2.45) is 0 Å². The molecule has 1 unspecified atom stereocenters. The van der Waals surface area contributed by atoms with Crippen LogP contribution in [0.3, 0.4) is 0 Å². The molecule has 0 aromatic carbocycles. The number of hydrogen-bond acceptors (Lipinski definition) is 6. The Morgan fingerprint density at radius 2 is 2.10 bits per heavy atom. The number of nitrogens with one attached hydrogen (secondary N) is 2. The number of carbonyl (C=O) groups excluding carboxylic acids is 1. The number of hydrogen-bond donors (Lipinski definition) is 2. The second-order valence-electron chi connectivity index (χ2n) is 5.10. The molecule has 0 spiro atoms. The summed E-state index contributed by atoms with van der Waals surface area (Å²) in [6.07, 6.45) is 3.86. The Hall–Kier alpha value is -1.21. The Balaban J connectivity index is 1.78. The Kier molecular flexibility index (Phi) is 5.72. The van der Waals surface area contributed by atoms with Gasteiger partial charge in [-0.2, -0.15) is 0 Å². The third-order valence-electron chi connectivity index (χ3n) is 3.52. The molecule has 1 atom stereocenters. The molecule has 2 N–H and O–H groups in total. The molecule has 0 aliphatic carbocycles. The van der Waals surface area contributed by atoms with E-state index in [9.17, 15) is 4.79 Å². The van der Waals surface area contributed by atoms with Crippen molar-refractivity contribution in [3.63, 3.8) is 0 Å². The van der Waals surface area contributed by atoms with Gasteiger partial charge in [0.25, 0.3) is 5.91 Å². The van der Waals surface area contributed by atoms with Crippen LogP contribution in [0.2, 0.25) is 0 Å². The maximum absolute atomic E-state index is 12.0. The molecule has 2 rings (SSSR count). The van der Waals surface area contributed by atoms with Gasteiger partial charge in [0, 0.05) is 19.1 Å². The lowest BCUT2D eigenvalue weighted by atomic mass is 10.1. The summed E-state index contributed by atoms with van der Waals surface area (Å²) in [5.41, 5.74) is 0. The summed E-state index contributed by atoms with van der Waals surface area (Å²) in [7, 11) is 0. The third-order valence-corrected chi connectivity index (χ3v) is 4.40. The summed E-state index contributed by atoms with van der Waals surface area (Å²) < 4.78 is 0. The summed E-state index contributed by atoms with van der Waals surface area (Å²) in [5, 5.41) is 15.0. The van der Waals surface area contributed by atoms with E-state index in [4.69, 9.17) is 0 Å². The van der Waals surface area contributed by atoms with Gasteiger partial charge in [-0.25, -0.2) is 0 Å². The normalized spacial score (nSPS) is 17.7. The van der Waals surface area contributed by atoms with Crippen molar-refractivity contribution in [3.05, 3.63) is 5.01 Å². The van der Waals surface area contributed by atoms with E-state index in [-0.39, 0.29) is 5.91 Å². The standard InChI is InChI=1S/C13H23N5OS/c1-3-14-13-17-16-12(20-13)11(19)15-9-10(2)18-7-5-4-6-8-18/h10H,3-9H2,1-2H3,(H,14,17)(H,15,19). The Labute approximate surface area is 124 Å². The number of carbonyl (C=O) groups is 1. The van der Waals surface area contributed by atoms with E-state index in [2.05, 4.69) is 32.7 Å². The number of nitrogens with zero attached hydrogens (tertiary/aromatic N) is 3. The molecular weight excluding hydrogens is 274 g/mol. The van der Waals surface area contributed by atoms with Crippen molar-refractivity contribution in [1.29, 1.82) is 0 Å². The molecule has 1 amide bonds. The minimum atomic E-state index is -0.129. The molecule has 0 bridgehead atoms. The fraction of sp³-hybridized carbons (Fsp3) is 0.769. The topological polar surface area (TPSA) is 70.1 Å². The molecule has 112 valence electrons. The molecule has 6 nitrogen and oxygen atoms in total. The molecule has 1 saturated heterocycles. The zero-order valence-corrected chi connectivity index (χ0v) is 13.0. The fourth-order valence-corrected chi connectivity index (χ4v) is 3.07. The van der Waals surface area contributed by atoms with E-state index in [0.29, 0.717) is 22.7 Å². The second kappa shape index (κ2) is 7.54. The Morgan fingerprint density at radius 1 is 1.35 bits per heavy atom. The first-order chi connectivity index (χ1) is 9.70. The van der Waals surface area contributed by atoms with E-state index in [0.717, 1.165) is 19.6 Å². The molecule has 1 aliphatic rings. The third kappa shape index (κ3) is 4.14. The van der Waals surface area contributed by atoms with E-state index in [1.807, 2.05) is 6.92 Å². The lowest BCUT2D eigenvalue weighted by molar-refractivity contribution is 0.0929. The van der Waals surface area contributed by atoms with Crippen molar-refractivity contribution in [1.82, 2.24) is 20.4 Å². The Morgan fingerprint density at radius 3 is 2.80 bits per heavy atom. The number of rotatable bonds is 6. The van der Waals surface area contributed by atoms with Gasteiger partial charge >= 0.3 is 0 Å². The molecule has 1 aromatic rings. The van der Waals surface area contributed by atoms with Crippen LogP contribution in [0.15, 0.2) is 0 Å². The van der Waals surface area contributed by atoms with E-state index in [1.54, 1.807) is 0 Å². The molecule has 7 heteroatoms. The maximum Gasteiger partial charge on any atom is 0.282 e. The molecule has 2 heterocycles. The number of aromatic nitrogens is 2. The van der Waals surface area contributed by atoms with Gasteiger partial charge < -0.3 is 10.6 Å². The summed E-state index contributed by atoms with van der Waals surface area (Å²) in [5.74, 6) is -0.129. The zero-order chi connectivity index (χ0) is 14.4. The van der Waals surface area contributed by atoms with Crippen LogP contribution in [0.4, 0.5) is 5.13 Å². The molecular formula is C13H23N5OS. The molecule has 0 saturated carbocycles.